The maximum Gasteiger partial charge on any atom is 0.269 e. The number of benzene rings is 1. The van der Waals surface area contributed by atoms with Crippen molar-refractivity contribution in [2.24, 2.45) is 0 Å². The van der Waals surface area contributed by atoms with E-state index in [0.717, 1.165) is 0 Å². The fourth-order valence-corrected chi connectivity index (χ4v) is 1.43. The van der Waals surface area contributed by atoms with Crippen molar-refractivity contribution in [2.45, 2.75) is 13.0 Å². The minimum Gasteiger partial charge on any atom is -0.258 e. The molecule has 1 heterocycles. The van der Waals surface area contributed by atoms with Crippen LogP contribution in [0.15, 0.2) is 30.6 Å². The Labute approximate surface area is 102 Å². The van der Waals surface area contributed by atoms with Gasteiger partial charge in [-0.2, -0.15) is 10.4 Å². The number of nitrogens with zero attached hydrogens (tertiary/aromatic N) is 5. The van der Waals surface area contributed by atoms with Crippen LogP contribution in [0, 0.1) is 21.4 Å². The zero-order valence-corrected chi connectivity index (χ0v) is 9.35. The third-order valence-corrected chi connectivity index (χ3v) is 2.33. The first-order chi connectivity index (χ1) is 8.70. The molecule has 0 saturated heterocycles. The first-order valence-corrected chi connectivity index (χ1v) is 5.22. The summed E-state index contributed by atoms with van der Waals surface area (Å²) in [6.07, 6.45) is 1.90. The standard InChI is InChI=1S/C11H9N5O2/c12-6-1-7-15-8-13-11(14-15)9-2-4-10(5-3-9)16(17)18/h2-5,8H,1,7H2. The van der Waals surface area contributed by atoms with Crippen LogP contribution in [0.25, 0.3) is 11.4 Å². The number of nitriles is 1. The predicted molar refractivity (Wildman–Crippen MR) is 62.3 cm³/mol. The van der Waals surface area contributed by atoms with E-state index in [1.54, 1.807) is 16.8 Å². The van der Waals surface area contributed by atoms with Crippen LogP contribution in [-0.4, -0.2) is 19.7 Å². The third kappa shape index (κ3) is 2.49. The predicted octanol–water partition coefficient (Wildman–Crippen LogP) is 1.77. The molecule has 7 heteroatoms. The van der Waals surface area contributed by atoms with Gasteiger partial charge < -0.3 is 0 Å². The molecule has 0 saturated carbocycles. The molecule has 1 aromatic carbocycles. The molecule has 0 aliphatic rings. The lowest BCUT2D eigenvalue weighted by Crippen LogP contribution is -1.97. The Morgan fingerprint density at radius 1 is 1.39 bits per heavy atom. The molecule has 0 amide bonds. The van der Waals surface area contributed by atoms with Crippen molar-refractivity contribution in [3.8, 4) is 17.5 Å². The molecule has 0 bridgehead atoms. The number of hydrogen-bond acceptors (Lipinski definition) is 5. The molecular formula is C11H9N5O2. The normalized spacial score (nSPS) is 9.94. The topological polar surface area (TPSA) is 97.6 Å². The summed E-state index contributed by atoms with van der Waals surface area (Å²) in [5, 5.41) is 23.1. The Morgan fingerprint density at radius 3 is 2.72 bits per heavy atom. The molecule has 0 spiro atoms. The molecule has 1 aromatic heterocycles. The van der Waals surface area contributed by atoms with Crippen molar-refractivity contribution in [3.05, 3.63) is 40.7 Å². The van der Waals surface area contributed by atoms with Gasteiger partial charge in [0.1, 0.15) is 6.33 Å². The highest BCUT2D eigenvalue weighted by Crippen LogP contribution is 2.18. The molecule has 90 valence electrons. The molecule has 0 aliphatic heterocycles. The number of nitro benzene ring substituents is 1. The number of non-ortho nitro benzene ring substituents is 1. The quantitative estimate of drug-likeness (QED) is 0.602. The van der Waals surface area contributed by atoms with E-state index in [1.165, 1.54) is 18.5 Å². The second-order valence-electron chi connectivity index (χ2n) is 3.54. The molecule has 2 rings (SSSR count). The lowest BCUT2D eigenvalue weighted by Gasteiger charge is -1.95. The van der Waals surface area contributed by atoms with Gasteiger partial charge in [-0.05, 0) is 12.1 Å². The van der Waals surface area contributed by atoms with Gasteiger partial charge in [-0.3, -0.25) is 14.8 Å². The molecule has 0 fully saturated rings. The average molecular weight is 243 g/mol. The van der Waals surface area contributed by atoms with Gasteiger partial charge >= 0.3 is 0 Å². The van der Waals surface area contributed by atoms with Crippen molar-refractivity contribution in [3.63, 3.8) is 0 Å². The number of rotatable bonds is 4. The number of hydrogen-bond donors (Lipinski definition) is 0. The van der Waals surface area contributed by atoms with Crippen molar-refractivity contribution in [2.75, 3.05) is 0 Å². The van der Waals surface area contributed by atoms with Gasteiger partial charge in [0.15, 0.2) is 5.82 Å². The van der Waals surface area contributed by atoms with Crippen LogP contribution in [-0.2, 0) is 6.54 Å². The highest BCUT2D eigenvalue weighted by molar-refractivity contribution is 5.56. The van der Waals surface area contributed by atoms with Crippen molar-refractivity contribution in [1.29, 1.82) is 5.26 Å². The lowest BCUT2D eigenvalue weighted by molar-refractivity contribution is -0.384. The molecule has 0 N–H and O–H groups in total. The fraction of sp³-hybridized carbons (Fsp3) is 0.182. The van der Waals surface area contributed by atoms with E-state index >= 15 is 0 Å². The van der Waals surface area contributed by atoms with Crippen molar-refractivity contribution < 1.29 is 4.92 Å². The van der Waals surface area contributed by atoms with Crippen LogP contribution < -0.4 is 0 Å². The largest absolute Gasteiger partial charge is 0.269 e. The van der Waals surface area contributed by atoms with Gasteiger partial charge in [0, 0.05) is 17.7 Å². The second-order valence-corrected chi connectivity index (χ2v) is 3.54. The smallest absolute Gasteiger partial charge is 0.258 e. The summed E-state index contributed by atoms with van der Waals surface area (Å²) in [5.41, 5.74) is 0.735. The first kappa shape index (κ1) is 11.7. The van der Waals surface area contributed by atoms with Crippen LogP contribution in [0.1, 0.15) is 6.42 Å². The summed E-state index contributed by atoms with van der Waals surface area (Å²) in [6, 6.07) is 8.04. The minimum atomic E-state index is -0.456. The van der Waals surface area contributed by atoms with Gasteiger partial charge in [0.25, 0.3) is 5.69 Å². The molecule has 18 heavy (non-hydrogen) atoms. The summed E-state index contributed by atoms with van der Waals surface area (Å²) in [4.78, 5) is 14.1. The highest BCUT2D eigenvalue weighted by Gasteiger charge is 2.08. The first-order valence-electron chi connectivity index (χ1n) is 5.22. The SMILES string of the molecule is N#CCCn1cnc(-c2ccc([N+](=O)[O-])cc2)n1. The molecule has 0 atom stereocenters. The number of aromatic nitrogens is 3. The summed E-state index contributed by atoms with van der Waals surface area (Å²) in [7, 11) is 0. The molecule has 0 unspecified atom stereocenters. The molecular weight excluding hydrogens is 234 g/mol. The van der Waals surface area contributed by atoms with E-state index in [9.17, 15) is 10.1 Å². The Morgan fingerprint density at radius 2 is 2.11 bits per heavy atom. The maximum absolute atomic E-state index is 10.5. The van der Waals surface area contributed by atoms with E-state index in [2.05, 4.69) is 10.1 Å². The zero-order chi connectivity index (χ0) is 13.0. The van der Waals surface area contributed by atoms with Crippen LogP contribution in [0.3, 0.4) is 0 Å². The number of aryl methyl sites for hydroxylation is 1. The molecule has 7 nitrogen and oxygen atoms in total. The zero-order valence-electron chi connectivity index (χ0n) is 9.35. The van der Waals surface area contributed by atoms with Gasteiger partial charge in [0.05, 0.1) is 24.0 Å². The van der Waals surface area contributed by atoms with E-state index in [1.807, 2.05) is 6.07 Å². The summed E-state index contributed by atoms with van der Waals surface area (Å²) in [5.74, 6) is 0.489. The van der Waals surface area contributed by atoms with Gasteiger partial charge in [-0.15, -0.1) is 0 Å². The van der Waals surface area contributed by atoms with E-state index in [4.69, 9.17) is 5.26 Å². The van der Waals surface area contributed by atoms with Crippen molar-refractivity contribution in [1.82, 2.24) is 14.8 Å². The van der Waals surface area contributed by atoms with Crippen LogP contribution in [0.5, 0.6) is 0 Å². The minimum absolute atomic E-state index is 0.0302. The summed E-state index contributed by atoms with van der Waals surface area (Å²) >= 11 is 0. The molecule has 2 aromatic rings. The van der Waals surface area contributed by atoms with E-state index < -0.39 is 4.92 Å². The Hall–Kier alpha value is -2.75. The number of nitro groups is 1. The Balaban J connectivity index is 2.18. The third-order valence-electron chi connectivity index (χ3n) is 2.33. The summed E-state index contributed by atoms with van der Waals surface area (Å²) < 4.78 is 1.57. The highest BCUT2D eigenvalue weighted by atomic mass is 16.6. The molecule has 0 radical (unpaired) electrons. The van der Waals surface area contributed by atoms with Gasteiger partial charge in [-0.25, -0.2) is 4.98 Å². The van der Waals surface area contributed by atoms with Gasteiger partial charge in [0.2, 0.25) is 0 Å². The lowest BCUT2D eigenvalue weighted by atomic mass is 10.2. The second kappa shape index (κ2) is 5.05. The fourth-order valence-electron chi connectivity index (χ4n) is 1.43. The monoisotopic (exact) mass is 243 g/mol. The summed E-state index contributed by atoms with van der Waals surface area (Å²) in [6.45, 7) is 0.483. The maximum atomic E-state index is 10.5. The van der Waals surface area contributed by atoms with E-state index in [0.29, 0.717) is 24.4 Å². The van der Waals surface area contributed by atoms with Crippen LogP contribution in [0.2, 0.25) is 0 Å². The Kier molecular flexibility index (Phi) is 3.29. The van der Waals surface area contributed by atoms with Gasteiger partial charge in [-0.1, -0.05) is 0 Å². The molecule has 0 aliphatic carbocycles. The van der Waals surface area contributed by atoms with Crippen molar-refractivity contribution >= 4 is 5.69 Å². The average Bonchev–Trinajstić information content (AvgIpc) is 2.85. The Bertz CT molecular complexity index is 597. The van der Waals surface area contributed by atoms with E-state index in [-0.39, 0.29) is 5.69 Å². The van der Waals surface area contributed by atoms with Crippen LogP contribution in [0.4, 0.5) is 5.69 Å². The van der Waals surface area contributed by atoms with Crippen LogP contribution >= 0.6 is 0 Å².